The van der Waals surface area contributed by atoms with Crippen LogP contribution in [0.15, 0.2) is 18.3 Å². The minimum Gasteiger partial charge on any atom is -0.493 e. The van der Waals surface area contributed by atoms with Crippen molar-refractivity contribution < 1.29 is 9.47 Å². The zero-order chi connectivity index (χ0) is 10.3. The summed E-state index contributed by atoms with van der Waals surface area (Å²) in [7, 11) is 1.69. The summed E-state index contributed by atoms with van der Waals surface area (Å²) in [6, 6.07) is 4.09. The molecular weight excluding hydrogens is 190 g/mol. The maximum Gasteiger partial charge on any atom is 0.166 e. The molecule has 0 aliphatic carbocycles. The molecule has 15 heavy (non-hydrogen) atoms. The Balaban J connectivity index is 2.34. The maximum atomic E-state index is 5.68. The number of ether oxygens (including phenoxy) is 2. The first-order chi connectivity index (χ1) is 7.40. The highest BCUT2D eigenvalue weighted by Crippen LogP contribution is 2.39. The van der Waals surface area contributed by atoms with Crippen molar-refractivity contribution >= 4 is 10.9 Å². The number of hydrogen-bond donors (Lipinski definition) is 1. The van der Waals surface area contributed by atoms with Crippen molar-refractivity contribution in [3.05, 3.63) is 23.9 Å². The average molecular weight is 203 g/mol. The minimum atomic E-state index is 0.787. The predicted octanol–water partition coefficient (Wildman–Crippen LogP) is 2.50. The highest BCUT2D eigenvalue weighted by atomic mass is 16.5. The summed E-state index contributed by atoms with van der Waals surface area (Å²) in [5.41, 5.74) is 2.44. The Morgan fingerprint density at radius 2 is 2.40 bits per heavy atom. The molecule has 0 spiro atoms. The molecule has 0 saturated carbocycles. The van der Waals surface area contributed by atoms with E-state index < -0.39 is 0 Å². The molecule has 1 aliphatic heterocycles. The zero-order valence-corrected chi connectivity index (χ0v) is 8.67. The fraction of sp³-hybridized carbons (Fsp3) is 0.333. The Hall–Kier alpha value is -1.64. The SMILES string of the molecule is COc1cc2cc[nH]c2c2c1OCCC2. The lowest BCUT2D eigenvalue weighted by molar-refractivity contribution is 0.270. The number of rotatable bonds is 1. The van der Waals surface area contributed by atoms with Gasteiger partial charge in [-0.15, -0.1) is 0 Å². The van der Waals surface area contributed by atoms with Gasteiger partial charge in [-0.2, -0.15) is 0 Å². The van der Waals surface area contributed by atoms with Gasteiger partial charge < -0.3 is 14.5 Å². The van der Waals surface area contributed by atoms with E-state index in [4.69, 9.17) is 9.47 Å². The van der Waals surface area contributed by atoms with E-state index in [9.17, 15) is 0 Å². The summed E-state index contributed by atoms with van der Waals surface area (Å²) < 4.78 is 11.0. The van der Waals surface area contributed by atoms with Crippen LogP contribution in [-0.4, -0.2) is 18.7 Å². The lowest BCUT2D eigenvalue weighted by Gasteiger charge is -2.20. The fourth-order valence-corrected chi connectivity index (χ4v) is 2.20. The largest absolute Gasteiger partial charge is 0.493 e. The molecule has 1 aromatic heterocycles. The van der Waals surface area contributed by atoms with Crippen LogP contribution in [0.2, 0.25) is 0 Å². The van der Waals surface area contributed by atoms with E-state index >= 15 is 0 Å². The van der Waals surface area contributed by atoms with Gasteiger partial charge in [0.15, 0.2) is 11.5 Å². The van der Waals surface area contributed by atoms with Gasteiger partial charge in [-0.3, -0.25) is 0 Å². The molecule has 2 aromatic rings. The van der Waals surface area contributed by atoms with Gasteiger partial charge in [-0.1, -0.05) is 0 Å². The summed E-state index contributed by atoms with van der Waals surface area (Å²) in [6.45, 7) is 0.787. The van der Waals surface area contributed by atoms with Gasteiger partial charge in [0.1, 0.15) is 0 Å². The molecule has 0 atom stereocenters. The Labute approximate surface area is 88.0 Å². The fourth-order valence-electron chi connectivity index (χ4n) is 2.20. The van der Waals surface area contributed by atoms with E-state index in [2.05, 4.69) is 11.1 Å². The van der Waals surface area contributed by atoms with Crippen LogP contribution in [0, 0.1) is 0 Å². The standard InChI is InChI=1S/C12H13NO2/c1-14-10-7-8-4-5-13-11(8)9-3-2-6-15-12(9)10/h4-5,7,13H,2-3,6H2,1H3. The van der Waals surface area contributed by atoms with Gasteiger partial charge >= 0.3 is 0 Å². The second kappa shape index (κ2) is 3.19. The van der Waals surface area contributed by atoms with Crippen molar-refractivity contribution in [3.8, 4) is 11.5 Å². The van der Waals surface area contributed by atoms with Gasteiger partial charge in [0.2, 0.25) is 0 Å². The molecule has 3 nitrogen and oxygen atoms in total. The number of benzene rings is 1. The van der Waals surface area contributed by atoms with Gasteiger partial charge in [-0.05, 0) is 25.0 Å². The molecule has 3 heteroatoms. The molecule has 78 valence electrons. The Morgan fingerprint density at radius 3 is 3.27 bits per heavy atom. The van der Waals surface area contributed by atoms with E-state index in [-0.39, 0.29) is 0 Å². The predicted molar refractivity (Wildman–Crippen MR) is 58.7 cm³/mol. The molecule has 0 fully saturated rings. The van der Waals surface area contributed by atoms with Crippen LogP contribution in [0.4, 0.5) is 0 Å². The Morgan fingerprint density at radius 1 is 1.47 bits per heavy atom. The number of aromatic amines is 1. The molecule has 0 bridgehead atoms. The summed E-state index contributed by atoms with van der Waals surface area (Å²) in [5.74, 6) is 1.76. The number of nitrogens with one attached hydrogen (secondary N) is 1. The number of H-pyrrole nitrogens is 1. The molecule has 0 amide bonds. The maximum absolute atomic E-state index is 5.68. The third-order valence-electron chi connectivity index (χ3n) is 2.90. The average Bonchev–Trinajstić information content (AvgIpc) is 2.76. The van der Waals surface area contributed by atoms with Crippen molar-refractivity contribution in [3.63, 3.8) is 0 Å². The van der Waals surface area contributed by atoms with Crippen LogP contribution in [0.5, 0.6) is 11.5 Å². The third-order valence-corrected chi connectivity index (χ3v) is 2.90. The first kappa shape index (κ1) is 8.65. The Kier molecular flexibility index (Phi) is 1.84. The molecule has 0 unspecified atom stereocenters. The summed E-state index contributed by atoms with van der Waals surface area (Å²) >= 11 is 0. The van der Waals surface area contributed by atoms with E-state index in [1.165, 1.54) is 16.5 Å². The van der Waals surface area contributed by atoms with Crippen molar-refractivity contribution in [2.75, 3.05) is 13.7 Å². The monoisotopic (exact) mass is 203 g/mol. The number of aryl methyl sites for hydroxylation is 1. The molecule has 1 aromatic carbocycles. The van der Waals surface area contributed by atoms with Crippen molar-refractivity contribution in [1.82, 2.24) is 4.98 Å². The second-order valence-corrected chi connectivity index (χ2v) is 3.78. The highest BCUT2D eigenvalue weighted by molar-refractivity contribution is 5.87. The van der Waals surface area contributed by atoms with Crippen LogP contribution in [0.25, 0.3) is 10.9 Å². The first-order valence-corrected chi connectivity index (χ1v) is 5.20. The topological polar surface area (TPSA) is 34.2 Å². The van der Waals surface area contributed by atoms with E-state index in [0.29, 0.717) is 0 Å². The van der Waals surface area contributed by atoms with E-state index in [1.54, 1.807) is 7.11 Å². The molecule has 2 heterocycles. The minimum absolute atomic E-state index is 0.787. The third kappa shape index (κ3) is 1.19. The molecular formula is C12H13NO2. The molecule has 3 rings (SSSR count). The van der Waals surface area contributed by atoms with Crippen LogP contribution in [-0.2, 0) is 6.42 Å². The molecule has 1 aliphatic rings. The number of aromatic nitrogens is 1. The lowest BCUT2D eigenvalue weighted by Crippen LogP contribution is -2.10. The smallest absolute Gasteiger partial charge is 0.166 e. The number of methoxy groups -OCH3 is 1. The van der Waals surface area contributed by atoms with Gasteiger partial charge in [0.05, 0.1) is 19.2 Å². The lowest BCUT2D eigenvalue weighted by atomic mass is 10.0. The quantitative estimate of drug-likeness (QED) is 0.772. The van der Waals surface area contributed by atoms with Crippen LogP contribution in [0.1, 0.15) is 12.0 Å². The van der Waals surface area contributed by atoms with Crippen LogP contribution in [0.3, 0.4) is 0 Å². The van der Waals surface area contributed by atoms with Crippen molar-refractivity contribution in [2.24, 2.45) is 0 Å². The highest BCUT2D eigenvalue weighted by Gasteiger charge is 2.19. The number of fused-ring (bicyclic) bond motifs is 3. The summed E-state index contributed by atoms with van der Waals surface area (Å²) in [5, 5.41) is 1.19. The van der Waals surface area contributed by atoms with E-state index in [1.807, 2.05) is 12.3 Å². The Bertz CT molecular complexity index is 502. The van der Waals surface area contributed by atoms with Gasteiger partial charge in [0.25, 0.3) is 0 Å². The van der Waals surface area contributed by atoms with Gasteiger partial charge in [-0.25, -0.2) is 0 Å². The van der Waals surface area contributed by atoms with Crippen molar-refractivity contribution in [2.45, 2.75) is 12.8 Å². The molecule has 0 radical (unpaired) electrons. The van der Waals surface area contributed by atoms with E-state index in [0.717, 1.165) is 30.9 Å². The number of hydrogen-bond acceptors (Lipinski definition) is 2. The van der Waals surface area contributed by atoms with Crippen LogP contribution >= 0.6 is 0 Å². The van der Waals surface area contributed by atoms with Gasteiger partial charge in [0, 0.05) is 17.1 Å². The summed E-state index contributed by atoms with van der Waals surface area (Å²) in [6.07, 6.45) is 4.09. The summed E-state index contributed by atoms with van der Waals surface area (Å²) in [4.78, 5) is 3.26. The second-order valence-electron chi connectivity index (χ2n) is 3.78. The molecule has 0 saturated heterocycles. The first-order valence-electron chi connectivity index (χ1n) is 5.20. The zero-order valence-electron chi connectivity index (χ0n) is 8.67. The molecule has 1 N–H and O–H groups in total. The van der Waals surface area contributed by atoms with Crippen molar-refractivity contribution in [1.29, 1.82) is 0 Å². The normalized spacial score (nSPS) is 14.7. The van der Waals surface area contributed by atoms with Crippen LogP contribution < -0.4 is 9.47 Å².